The molecule has 9 rings (SSSR count). The van der Waals surface area contributed by atoms with E-state index in [0.717, 1.165) is 122 Å². The van der Waals surface area contributed by atoms with Crippen molar-refractivity contribution in [2.75, 3.05) is 52.8 Å². The molecule has 0 radical (unpaired) electrons. The molecule has 0 aromatic heterocycles. The Labute approximate surface area is 564 Å². The Bertz CT molecular complexity index is 892. The van der Waals surface area contributed by atoms with Gasteiger partial charge in [0.1, 0.15) is 0 Å². The van der Waals surface area contributed by atoms with Crippen LogP contribution in [0.2, 0.25) is 0 Å². The predicted molar refractivity (Wildman–Crippen MR) is 412 cm³/mol. The van der Waals surface area contributed by atoms with Crippen LogP contribution in [-0.4, -0.2) is 71.0 Å². The van der Waals surface area contributed by atoms with Crippen LogP contribution in [0.4, 0.5) is 0 Å². The minimum absolute atomic E-state index is 0.565. The van der Waals surface area contributed by atoms with Gasteiger partial charge >= 0.3 is 0 Å². The van der Waals surface area contributed by atoms with E-state index >= 15 is 0 Å². The molecule has 5 atom stereocenters. The predicted octanol–water partition coefficient (Wildman–Crippen LogP) is 26.5. The molecule has 88 heavy (non-hydrogen) atoms. The van der Waals surface area contributed by atoms with E-state index < -0.39 is 0 Å². The fourth-order valence-electron chi connectivity index (χ4n) is 11.0. The monoisotopic (exact) mass is 1260 g/mol. The summed E-state index contributed by atoms with van der Waals surface area (Å²) in [6, 6.07) is 1.41. The number of nitrogens with one attached hydrogen (secondary N) is 3. The van der Waals surface area contributed by atoms with Crippen LogP contribution in [-0.2, 0) is 14.2 Å². The van der Waals surface area contributed by atoms with Crippen molar-refractivity contribution in [3.8, 4) is 0 Å². The van der Waals surface area contributed by atoms with Crippen LogP contribution in [0.15, 0.2) is 0 Å². The van der Waals surface area contributed by atoms with Crippen LogP contribution < -0.4 is 16.0 Å². The van der Waals surface area contributed by atoms with Crippen molar-refractivity contribution < 1.29 is 14.2 Å². The lowest BCUT2D eigenvalue weighted by Crippen LogP contribution is -2.28. The normalized spacial score (nSPS) is 21.9. The zero-order valence-corrected chi connectivity index (χ0v) is 68.9. The summed E-state index contributed by atoms with van der Waals surface area (Å²) in [5.41, 5.74) is 0. The van der Waals surface area contributed by atoms with Crippen LogP contribution in [0, 0.1) is 88.8 Å². The Morgan fingerprint density at radius 1 is 0.261 bits per heavy atom. The molecule has 9 aliphatic rings. The number of ether oxygens (including phenoxy) is 3. The van der Waals surface area contributed by atoms with Crippen molar-refractivity contribution in [1.29, 1.82) is 0 Å². The third kappa shape index (κ3) is 65.8. The Hall–Kier alpha value is -0.240. The average molecular weight is 1260 g/mol. The van der Waals surface area contributed by atoms with Crippen molar-refractivity contribution in [3.05, 3.63) is 0 Å². The quantitative estimate of drug-likeness (QED) is 0.214. The van der Waals surface area contributed by atoms with E-state index in [-0.39, 0.29) is 0 Å². The summed E-state index contributed by atoms with van der Waals surface area (Å²) < 4.78 is 15.7. The second kappa shape index (κ2) is 82.9. The molecular formula is C82H185N3O3. The first-order chi connectivity index (χ1) is 42.2. The first kappa shape index (κ1) is 106. The highest BCUT2D eigenvalue weighted by atomic mass is 16.5. The molecule has 6 heteroatoms. The molecule has 546 valence electrons. The van der Waals surface area contributed by atoms with Gasteiger partial charge in [-0.2, -0.15) is 0 Å². The Morgan fingerprint density at radius 2 is 0.625 bits per heavy atom. The van der Waals surface area contributed by atoms with E-state index in [1.54, 1.807) is 0 Å². The smallest absolute Gasteiger partial charge is 0.0969 e. The summed E-state index contributed by atoms with van der Waals surface area (Å²) >= 11 is 0. The summed E-state index contributed by atoms with van der Waals surface area (Å²) in [5.74, 6) is 13.8. The van der Waals surface area contributed by atoms with E-state index in [0.29, 0.717) is 18.1 Å². The molecule has 6 nitrogen and oxygen atoms in total. The summed E-state index contributed by atoms with van der Waals surface area (Å²) in [7, 11) is 0. The highest BCUT2D eigenvalue weighted by Gasteiger charge is 2.23. The third-order valence-electron chi connectivity index (χ3n) is 18.0. The summed E-state index contributed by atoms with van der Waals surface area (Å²) in [6.45, 7) is 85.5. The molecule has 0 spiro atoms. The lowest BCUT2D eigenvalue weighted by molar-refractivity contribution is 0.0758. The molecule has 0 amide bonds. The highest BCUT2D eigenvalue weighted by Crippen LogP contribution is 2.34. The number of hydrogen-bond acceptors (Lipinski definition) is 6. The molecule has 3 N–H and O–H groups in total. The largest absolute Gasteiger partial charge is 0.381 e. The average Bonchev–Trinajstić information content (AvgIpc) is 4.57. The van der Waals surface area contributed by atoms with Crippen molar-refractivity contribution in [3.63, 3.8) is 0 Å². The van der Waals surface area contributed by atoms with Gasteiger partial charge in [0.25, 0.3) is 0 Å². The Morgan fingerprint density at radius 3 is 0.761 bits per heavy atom. The maximum atomic E-state index is 5.41. The van der Waals surface area contributed by atoms with E-state index in [9.17, 15) is 0 Å². The number of rotatable bonds is 9. The van der Waals surface area contributed by atoms with Crippen molar-refractivity contribution in [2.24, 2.45) is 88.8 Å². The molecule has 5 aliphatic heterocycles. The highest BCUT2D eigenvalue weighted by molar-refractivity contribution is 4.77. The molecule has 5 saturated heterocycles. The maximum absolute atomic E-state index is 5.41. The second-order valence-corrected chi connectivity index (χ2v) is 26.6. The third-order valence-corrected chi connectivity index (χ3v) is 18.0. The van der Waals surface area contributed by atoms with E-state index in [1.807, 2.05) is 125 Å². The van der Waals surface area contributed by atoms with E-state index in [1.165, 1.54) is 148 Å². The van der Waals surface area contributed by atoms with Gasteiger partial charge in [0, 0.05) is 31.9 Å². The lowest BCUT2D eigenvalue weighted by atomic mass is 9.78. The first-order valence-corrected chi connectivity index (χ1v) is 40.2. The van der Waals surface area contributed by atoms with Gasteiger partial charge in [-0.25, -0.2) is 0 Å². The van der Waals surface area contributed by atoms with Gasteiger partial charge < -0.3 is 24.8 Å². The van der Waals surface area contributed by atoms with Gasteiger partial charge in [-0.1, -0.05) is 339 Å². The maximum Gasteiger partial charge on any atom is 0.0969 e. The fourth-order valence-corrected chi connectivity index (χ4v) is 11.0. The van der Waals surface area contributed by atoms with E-state index in [2.05, 4.69) is 141 Å². The standard InChI is InChI=1S/2C8H16.2C7H15N.2C7H14O.2C7H14.C6H13NO.9C2H6/c2*1-7(2)8-5-3-4-6-8;1-6(2)7-3-4-8-5-7;1-6(2)7-4-3-5-8-7;1-6(2)7-3-4-8-5-7;1-6(2)7-4-3-5-8-7;2*1-6(2)7-4-3-5-7;1-5(2)6-3-8-4-7-6;9*1-2/h2*7-8H,3-6H2,1-2H3;2*6-8H,3-5H2,1-2H3;2*6-7H,3-5H2,1-2H3;2*6-7H,3-5H2,1-2H3;5-7H,3-4H2,1-2H3;9*1-2H3. The van der Waals surface area contributed by atoms with Gasteiger partial charge in [0.2, 0.25) is 0 Å². The fraction of sp³-hybridized carbons (Fsp3) is 1.00. The van der Waals surface area contributed by atoms with Gasteiger partial charge in [-0.3, -0.25) is 5.32 Å². The number of hydrogen-bond donors (Lipinski definition) is 3. The van der Waals surface area contributed by atoms with Crippen LogP contribution in [0.3, 0.4) is 0 Å². The van der Waals surface area contributed by atoms with Gasteiger partial charge in [-0.05, 0) is 147 Å². The molecule has 5 heterocycles. The van der Waals surface area contributed by atoms with Gasteiger partial charge in [0.15, 0.2) is 0 Å². The van der Waals surface area contributed by atoms with Crippen LogP contribution in [0.1, 0.15) is 378 Å². The molecule has 0 bridgehead atoms. The summed E-state index contributed by atoms with van der Waals surface area (Å²) in [5, 5.41) is 10.0. The van der Waals surface area contributed by atoms with Gasteiger partial charge in [0.05, 0.1) is 19.4 Å². The minimum Gasteiger partial charge on any atom is -0.381 e. The van der Waals surface area contributed by atoms with Crippen molar-refractivity contribution in [2.45, 2.75) is 396 Å². The first-order valence-electron chi connectivity index (χ1n) is 40.2. The zero-order valence-electron chi connectivity index (χ0n) is 68.9. The van der Waals surface area contributed by atoms with Crippen LogP contribution in [0.5, 0.6) is 0 Å². The Balaban J connectivity index is -0.000000110. The second-order valence-electron chi connectivity index (χ2n) is 26.6. The minimum atomic E-state index is 0.565. The van der Waals surface area contributed by atoms with Crippen molar-refractivity contribution >= 4 is 0 Å². The van der Waals surface area contributed by atoms with Crippen molar-refractivity contribution in [1.82, 2.24) is 16.0 Å². The SMILES string of the molecule is CC.CC.CC.CC.CC.CC.CC.CC.CC.CC(C)C1CCC1.CC(C)C1CCC1.CC(C)C1CCCC1.CC(C)C1CCCC1.CC(C)C1CCCN1.CC(C)C1CCCO1.CC(C)C1CCNC1.CC(C)C1CCOC1.CC(C)C1COCN1. The lowest BCUT2D eigenvalue weighted by Gasteiger charge is -2.28. The molecule has 9 fully saturated rings. The summed E-state index contributed by atoms with van der Waals surface area (Å²) in [4.78, 5) is 0. The topological polar surface area (TPSA) is 63.8 Å². The zero-order chi connectivity index (χ0) is 70.4. The van der Waals surface area contributed by atoms with E-state index in [4.69, 9.17) is 14.2 Å². The van der Waals surface area contributed by atoms with Gasteiger partial charge in [-0.15, -0.1) is 0 Å². The molecule has 5 unspecified atom stereocenters. The van der Waals surface area contributed by atoms with Crippen LogP contribution in [0.25, 0.3) is 0 Å². The van der Waals surface area contributed by atoms with Crippen LogP contribution >= 0.6 is 0 Å². The molecule has 0 aromatic carbocycles. The molecule has 4 aliphatic carbocycles. The summed E-state index contributed by atoms with van der Waals surface area (Å²) in [6.07, 6.45) is 29.4. The Kier molecular flexibility index (Phi) is 100. The molecule has 0 aromatic rings. The molecular weight excluding hydrogens is 1070 g/mol. The molecule has 4 saturated carbocycles.